The number of nitrogens with zero attached hydrogens (tertiary/aromatic N) is 3. The number of hydrogen-bond acceptors (Lipinski definition) is 7. The van der Waals surface area contributed by atoms with Gasteiger partial charge in [0, 0.05) is 80.6 Å². The van der Waals surface area contributed by atoms with Crippen LogP contribution in [-0.4, -0.2) is 84.8 Å². The summed E-state index contributed by atoms with van der Waals surface area (Å²) < 4.78 is 5.50. The molecule has 0 saturated carbocycles. The minimum Gasteiger partial charge on any atom is -0.379 e. The van der Waals surface area contributed by atoms with E-state index in [1.165, 1.54) is 11.8 Å². The first-order chi connectivity index (χ1) is 22.7. The molecule has 0 aliphatic carbocycles. The van der Waals surface area contributed by atoms with Crippen LogP contribution in [0, 0.1) is 26.2 Å². The van der Waals surface area contributed by atoms with Gasteiger partial charge in [0.1, 0.15) is 0 Å². The van der Waals surface area contributed by atoms with Crippen LogP contribution in [-0.2, 0) is 22.6 Å². The quantitative estimate of drug-likeness (QED) is 0.264. The number of aromatic nitrogens is 1. The van der Waals surface area contributed by atoms with Gasteiger partial charge in [-0.25, -0.2) is 0 Å². The van der Waals surface area contributed by atoms with Gasteiger partial charge in [0.25, 0.3) is 11.5 Å². The van der Waals surface area contributed by atoms with Crippen LogP contribution in [0.25, 0.3) is 11.1 Å². The van der Waals surface area contributed by atoms with E-state index in [9.17, 15) is 14.4 Å². The van der Waals surface area contributed by atoms with E-state index in [4.69, 9.17) is 10.1 Å². The number of amides is 2. The molecule has 0 spiro atoms. The van der Waals surface area contributed by atoms with Gasteiger partial charge in [-0.3, -0.25) is 19.3 Å². The van der Waals surface area contributed by atoms with Crippen molar-refractivity contribution in [1.29, 1.82) is 5.41 Å². The molecule has 0 atom stereocenters. The Labute approximate surface area is 277 Å². The first-order valence-electron chi connectivity index (χ1n) is 16.7. The van der Waals surface area contributed by atoms with Crippen molar-refractivity contribution in [1.82, 2.24) is 20.1 Å². The normalized spacial score (nSPS) is 15.8. The number of aryl methyl sites for hydroxylation is 2. The van der Waals surface area contributed by atoms with E-state index in [0.717, 1.165) is 85.9 Å². The van der Waals surface area contributed by atoms with Crippen LogP contribution in [0.1, 0.15) is 64.5 Å². The second-order valence-corrected chi connectivity index (χ2v) is 12.7. The number of anilines is 1. The van der Waals surface area contributed by atoms with Crippen molar-refractivity contribution >= 4 is 23.7 Å². The zero-order valence-corrected chi connectivity index (χ0v) is 28.2. The number of benzene rings is 2. The molecule has 3 N–H and O–H groups in total. The lowest BCUT2D eigenvalue weighted by atomic mass is 9.94. The molecule has 3 heterocycles. The minimum atomic E-state index is -0.225. The van der Waals surface area contributed by atoms with Crippen LogP contribution >= 0.6 is 0 Å². The molecule has 5 rings (SSSR count). The van der Waals surface area contributed by atoms with E-state index in [1.807, 2.05) is 37.8 Å². The van der Waals surface area contributed by atoms with E-state index < -0.39 is 0 Å². The number of aromatic amines is 1. The maximum atomic E-state index is 13.9. The predicted molar refractivity (Wildman–Crippen MR) is 186 cm³/mol. The van der Waals surface area contributed by atoms with E-state index in [0.29, 0.717) is 24.2 Å². The van der Waals surface area contributed by atoms with Crippen LogP contribution in [0.2, 0.25) is 0 Å². The third-order valence-corrected chi connectivity index (χ3v) is 9.53. The highest BCUT2D eigenvalue weighted by molar-refractivity contribution is 5.99. The number of carbonyl (C=O) groups excluding carboxylic acids is 2. The van der Waals surface area contributed by atoms with Crippen molar-refractivity contribution in [2.45, 2.75) is 66.1 Å². The Morgan fingerprint density at radius 3 is 2.36 bits per heavy atom. The summed E-state index contributed by atoms with van der Waals surface area (Å²) in [5, 5.41) is 10.3. The van der Waals surface area contributed by atoms with Gasteiger partial charge in [-0.15, -0.1) is 0 Å². The number of morpholine rings is 1. The van der Waals surface area contributed by atoms with Gasteiger partial charge in [-0.1, -0.05) is 24.3 Å². The molecule has 47 heavy (non-hydrogen) atoms. The number of nitrogens with one attached hydrogen (secondary N) is 3. The van der Waals surface area contributed by atoms with Gasteiger partial charge in [0.15, 0.2) is 0 Å². The molecule has 0 unspecified atom stereocenters. The molecule has 2 aliphatic heterocycles. The number of hydrogen-bond donors (Lipinski definition) is 3. The maximum Gasteiger partial charge on any atom is 0.253 e. The Morgan fingerprint density at radius 2 is 1.72 bits per heavy atom. The molecule has 2 aromatic carbocycles. The fourth-order valence-electron chi connectivity index (χ4n) is 6.85. The molecule has 10 heteroatoms. The Hall–Kier alpha value is -4.28. The van der Waals surface area contributed by atoms with E-state index in [1.54, 1.807) is 0 Å². The zero-order valence-electron chi connectivity index (χ0n) is 28.2. The summed E-state index contributed by atoms with van der Waals surface area (Å²) in [5.74, 6) is -0.227. The Morgan fingerprint density at radius 1 is 1.02 bits per heavy atom. The molecule has 2 amide bonds. The molecular formula is C37H48N6O4. The average Bonchev–Trinajstić information content (AvgIpc) is 3.06. The van der Waals surface area contributed by atoms with Crippen molar-refractivity contribution in [2.24, 2.45) is 0 Å². The maximum absolute atomic E-state index is 13.9. The van der Waals surface area contributed by atoms with Crippen molar-refractivity contribution in [3.63, 3.8) is 0 Å². The Bertz CT molecular complexity index is 1640. The van der Waals surface area contributed by atoms with Gasteiger partial charge in [-0.05, 0) is 86.6 Å². The lowest BCUT2D eigenvalue weighted by molar-refractivity contribution is -0.130. The number of rotatable bonds is 11. The van der Waals surface area contributed by atoms with Crippen LogP contribution in [0.4, 0.5) is 5.69 Å². The number of likely N-dealkylation sites (tertiary alicyclic amines) is 1. The van der Waals surface area contributed by atoms with Gasteiger partial charge >= 0.3 is 0 Å². The van der Waals surface area contributed by atoms with Crippen molar-refractivity contribution in [3.05, 3.63) is 86.3 Å². The smallest absolute Gasteiger partial charge is 0.253 e. The summed E-state index contributed by atoms with van der Waals surface area (Å²) in [5.41, 5.74) is 7.67. The number of piperidine rings is 1. The molecule has 1 aromatic heterocycles. The molecular weight excluding hydrogens is 592 g/mol. The van der Waals surface area contributed by atoms with Crippen LogP contribution in [0.3, 0.4) is 0 Å². The predicted octanol–water partition coefficient (Wildman–Crippen LogP) is 4.59. The minimum absolute atomic E-state index is 0.00153. The monoisotopic (exact) mass is 640 g/mol. The third kappa shape index (κ3) is 8.18. The molecule has 3 aromatic rings. The summed E-state index contributed by atoms with van der Waals surface area (Å²) in [6.45, 7) is 14.3. The fraction of sp³-hybridized carbons (Fsp3) is 0.459. The van der Waals surface area contributed by atoms with Crippen LogP contribution < -0.4 is 15.8 Å². The summed E-state index contributed by atoms with van der Waals surface area (Å²) in [7, 11) is 0. The molecule has 0 radical (unpaired) electrons. The highest BCUT2D eigenvalue weighted by atomic mass is 16.5. The first kappa shape index (κ1) is 34.1. The summed E-state index contributed by atoms with van der Waals surface area (Å²) >= 11 is 0. The van der Waals surface area contributed by atoms with Gasteiger partial charge in [0.2, 0.25) is 5.91 Å². The largest absolute Gasteiger partial charge is 0.379 e. The van der Waals surface area contributed by atoms with Gasteiger partial charge in [0.05, 0.1) is 19.6 Å². The van der Waals surface area contributed by atoms with Crippen molar-refractivity contribution in [2.75, 3.05) is 50.8 Å². The van der Waals surface area contributed by atoms with Crippen LogP contribution in [0.15, 0.2) is 47.3 Å². The highest BCUT2D eigenvalue weighted by Gasteiger charge is 2.28. The second-order valence-electron chi connectivity index (χ2n) is 12.7. The lowest BCUT2D eigenvalue weighted by Crippen LogP contribution is -2.47. The highest BCUT2D eigenvalue weighted by Crippen LogP contribution is 2.34. The third-order valence-electron chi connectivity index (χ3n) is 9.53. The molecule has 250 valence electrons. The number of ether oxygens (including phenoxy) is 1. The lowest BCUT2D eigenvalue weighted by Gasteiger charge is -2.40. The van der Waals surface area contributed by atoms with E-state index in [2.05, 4.69) is 57.4 Å². The molecule has 2 aliphatic rings. The summed E-state index contributed by atoms with van der Waals surface area (Å²) in [6.07, 6.45) is 2.93. The van der Waals surface area contributed by atoms with E-state index >= 15 is 0 Å². The number of carbonyl (C=O) groups is 2. The Kier molecular flexibility index (Phi) is 11.3. The standard InChI is InChI=1S/C37H48N6O4/c1-5-43(31-11-14-42(15-12-31)35(44)10-13-38)34-22-30(29-8-6-28(7-9-29)24-41-16-18-47-19-17-41)21-32(27(34)4)36(45)39-23-33-25(2)20-26(3)40-37(33)46/h6-9,13,20-22,31,38H,5,10-12,14-19,23-24H2,1-4H3,(H,39,45)(H,40,46). The Balaban J connectivity index is 1.45. The molecule has 10 nitrogen and oxygen atoms in total. The van der Waals surface area contributed by atoms with Crippen molar-refractivity contribution < 1.29 is 14.3 Å². The second kappa shape index (κ2) is 15.5. The van der Waals surface area contributed by atoms with Gasteiger partial charge in [-0.2, -0.15) is 0 Å². The van der Waals surface area contributed by atoms with Crippen LogP contribution in [0.5, 0.6) is 0 Å². The topological polar surface area (TPSA) is 122 Å². The van der Waals surface area contributed by atoms with E-state index in [-0.39, 0.29) is 36.4 Å². The number of pyridine rings is 1. The average molecular weight is 641 g/mol. The molecule has 2 fully saturated rings. The fourth-order valence-corrected chi connectivity index (χ4v) is 6.85. The van der Waals surface area contributed by atoms with Gasteiger partial charge < -0.3 is 30.2 Å². The first-order valence-corrected chi connectivity index (χ1v) is 16.7. The summed E-state index contributed by atoms with van der Waals surface area (Å²) in [4.78, 5) is 48.5. The SMILES string of the molecule is CCN(c1cc(-c2ccc(CN3CCOCC3)cc2)cc(C(=O)NCc2c(C)cc(C)[nH]c2=O)c1C)C1CCN(C(=O)CC=N)CC1. The molecule has 0 bridgehead atoms. The molecule has 2 saturated heterocycles. The van der Waals surface area contributed by atoms with Crippen molar-refractivity contribution in [3.8, 4) is 11.1 Å². The number of H-pyrrole nitrogens is 1. The zero-order chi connectivity index (χ0) is 33.5. The summed E-state index contributed by atoms with van der Waals surface area (Å²) in [6, 6.07) is 14.9.